The topological polar surface area (TPSA) is 45.2 Å². The minimum atomic E-state index is -0.518. The monoisotopic (exact) mass is 332 g/mol. The van der Waals surface area contributed by atoms with Gasteiger partial charge in [0.25, 0.3) is 0 Å². The average Bonchev–Trinajstić information content (AvgIpc) is 2.68. The van der Waals surface area contributed by atoms with E-state index >= 15 is 0 Å². The summed E-state index contributed by atoms with van der Waals surface area (Å²) in [5, 5.41) is 15.7. The van der Waals surface area contributed by atoms with E-state index < -0.39 is 6.10 Å². The highest BCUT2D eigenvalue weighted by molar-refractivity contribution is 5.86. The number of hydrogen-bond donors (Lipinski definition) is 2. The quantitative estimate of drug-likeness (QED) is 0.748. The number of benzene rings is 2. The Morgan fingerprint density at radius 3 is 2.68 bits per heavy atom. The van der Waals surface area contributed by atoms with Crippen LogP contribution in [-0.2, 0) is 0 Å². The van der Waals surface area contributed by atoms with Crippen molar-refractivity contribution in [3.63, 3.8) is 0 Å². The lowest BCUT2D eigenvalue weighted by Gasteiger charge is -2.29. The number of hydrogen-bond acceptors (Lipinski definition) is 3. The Kier molecular flexibility index (Phi) is 4.51. The number of nitrogens with zero attached hydrogens (tertiary/aromatic N) is 1. The molecule has 2 atom stereocenters. The van der Waals surface area contributed by atoms with Crippen LogP contribution in [0.2, 0.25) is 0 Å². The van der Waals surface area contributed by atoms with Crippen molar-refractivity contribution in [1.82, 2.24) is 10.3 Å². The highest BCUT2D eigenvalue weighted by atomic mass is 16.3. The van der Waals surface area contributed by atoms with Crippen molar-refractivity contribution in [2.75, 3.05) is 6.54 Å². The third kappa shape index (κ3) is 3.30. The van der Waals surface area contributed by atoms with Crippen molar-refractivity contribution in [3.05, 3.63) is 65.7 Å². The number of aromatic nitrogens is 1. The molecule has 1 aliphatic heterocycles. The van der Waals surface area contributed by atoms with Crippen LogP contribution >= 0.6 is 0 Å². The number of aliphatic hydroxyl groups is 1. The second-order valence-corrected chi connectivity index (χ2v) is 6.98. The Labute approximate surface area is 148 Å². The third-order valence-electron chi connectivity index (χ3n) is 5.11. The highest BCUT2D eigenvalue weighted by Crippen LogP contribution is 2.32. The molecule has 1 saturated heterocycles. The molecule has 0 bridgehead atoms. The van der Waals surface area contributed by atoms with Crippen molar-refractivity contribution >= 4 is 10.9 Å². The molecule has 1 aromatic heterocycles. The van der Waals surface area contributed by atoms with Crippen molar-refractivity contribution in [2.24, 2.45) is 0 Å². The second-order valence-electron chi connectivity index (χ2n) is 6.98. The van der Waals surface area contributed by atoms with Crippen LogP contribution < -0.4 is 5.32 Å². The smallest absolute Gasteiger partial charge is 0.0950 e. The predicted octanol–water partition coefficient (Wildman–Crippen LogP) is 4.39. The van der Waals surface area contributed by atoms with Crippen molar-refractivity contribution in [3.8, 4) is 11.3 Å². The number of fused-ring (bicyclic) bond motifs is 1. The zero-order chi connectivity index (χ0) is 17.2. The van der Waals surface area contributed by atoms with Gasteiger partial charge in [-0.1, -0.05) is 48.4 Å². The molecule has 0 aliphatic carbocycles. The normalized spacial score (nSPS) is 19.0. The van der Waals surface area contributed by atoms with Gasteiger partial charge in [0.15, 0.2) is 0 Å². The van der Waals surface area contributed by atoms with E-state index in [1.165, 1.54) is 18.4 Å². The van der Waals surface area contributed by atoms with E-state index in [9.17, 15) is 5.11 Å². The van der Waals surface area contributed by atoms with Gasteiger partial charge in [0.05, 0.1) is 17.3 Å². The van der Waals surface area contributed by atoms with Crippen molar-refractivity contribution in [1.29, 1.82) is 0 Å². The maximum atomic E-state index is 11.1. The average molecular weight is 332 g/mol. The fourth-order valence-electron chi connectivity index (χ4n) is 3.73. The van der Waals surface area contributed by atoms with Gasteiger partial charge in [-0.2, -0.15) is 0 Å². The van der Waals surface area contributed by atoms with E-state index in [1.807, 2.05) is 18.2 Å². The molecule has 2 aromatic carbocycles. The van der Waals surface area contributed by atoms with Crippen LogP contribution in [0.4, 0.5) is 0 Å². The Morgan fingerprint density at radius 2 is 1.92 bits per heavy atom. The molecule has 2 heterocycles. The van der Waals surface area contributed by atoms with E-state index in [-0.39, 0.29) is 6.04 Å². The highest BCUT2D eigenvalue weighted by Gasteiger charge is 2.25. The summed E-state index contributed by atoms with van der Waals surface area (Å²) >= 11 is 0. The molecule has 2 unspecified atom stereocenters. The molecule has 1 aliphatic rings. The Morgan fingerprint density at radius 1 is 1.08 bits per heavy atom. The molecule has 3 aromatic rings. The molecule has 0 saturated carbocycles. The number of nitrogens with one attached hydrogen (secondary N) is 1. The van der Waals surface area contributed by atoms with Gasteiger partial charge in [-0.15, -0.1) is 0 Å². The van der Waals surface area contributed by atoms with Gasteiger partial charge in [-0.25, -0.2) is 4.98 Å². The molecule has 4 rings (SSSR count). The summed E-state index contributed by atoms with van der Waals surface area (Å²) in [4.78, 5) is 4.84. The molecule has 3 heteroatoms. The molecular weight excluding hydrogens is 308 g/mol. The summed E-state index contributed by atoms with van der Waals surface area (Å²) < 4.78 is 0. The van der Waals surface area contributed by atoms with Crippen LogP contribution in [-0.4, -0.2) is 22.7 Å². The van der Waals surface area contributed by atoms with E-state index in [0.29, 0.717) is 0 Å². The Balaban J connectivity index is 1.86. The number of piperidine rings is 1. The zero-order valence-electron chi connectivity index (χ0n) is 14.6. The zero-order valence-corrected chi connectivity index (χ0v) is 14.6. The molecule has 1 fully saturated rings. The van der Waals surface area contributed by atoms with Gasteiger partial charge < -0.3 is 10.4 Å². The van der Waals surface area contributed by atoms with Gasteiger partial charge in [0.2, 0.25) is 0 Å². The van der Waals surface area contributed by atoms with Gasteiger partial charge in [0.1, 0.15) is 0 Å². The van der Waals surface area contributed by atoms with E-state index in [4.69, 9.17) is 4.98 Å². The lowest BCUT2D eigenvalue weighted by molar-refractivity contribution is 0.115. The van der Waals surface area contributed by atoms with Crippen LogP contribution in [0.1, 0.15) is 36.5 Å². The predicted molar refractivity (Wildman–Crippen MR) is 103 cm³/mol. The largest absolute Gasteiger partial charge is 0.387 e. The number of rotatable bonds is 3. The number of pyridine rings is 1. The third-order valence-corrected chi connectivity index (χ3v) is 5.11. The van der Waals surface area contributed by atoms with Gasteiger partial charge in [-0.05, 0) is 50.1 Å². The summed E-state index contributed by atoms with van der Waals surface area (Å²) in [5.74, 6) is 0. The van der Waals surface area contributed by atoms with Crippen LogP contribution in [0.5, 0.6) is 0 Å². The molecule has 0 amide bonds. The first kappa shape index (κ1) is 16.2. The maximum absolute atomic E-state index is 11.1. The molecule has 2 N–H and O–H groups in total. The summed E-state index contributed by atoms with van der Waals surface area (Å²) in [6, 6.07) is 18.6. The fourth-order valence-corrected chi connectivity index (χ4v) is 3.73. The van der Waals surface area contributed by atoms with Gasteiger partial charge in [0, 0.05) is 17.0 Å². The van der Waals surface area contributed by atoms with Crippen LogP contribution in [0.15, 0.2) is 54.6 Å². The summed E-state index contributed by atoms with van der Waals surface area (Å²) in [6.45, 7) is 3.06. The number of aryl methyl sites for hydroxylation is 1. The molecule has 0 spiro atoms. The molecule has 0 radical (unpaired) electrons. The van der Waals surface area contributed by atoms with Crippen molar-refractivity contribution < 1.29 is 5.11 Å². The van der Waals surface area contributed by atoms with Crippen molar-refractivity contribution in [2.45, 2.75) is 38.3 Å². The first-order valence-electron chi connectivity index (χ1n) is 9.10. The van der Waals surface area contributed by atoms with E-state index in [0.717, 1.165) is 40.7 Å². The lowest BCUT2D eigenvalue weighted by atomic mass is 9.91. The minimum absolute atomic E-state index is 0.114. The first-order chi connectivity index (χ1) is 12.2. The van der Waals surface area contributed by atoms with E-state index in [2.05, 4.69) is 48.6 Å². The van der Waals surface area contributed by atoms with E-state index in [1.54, 1.807) is 0 Å². The number of aliphatic hydroxyl groups excluding tert-OH is 1. The van der Waals surface area contributed by atoms with Crippen LogP contribution in [0.3, 0.4) is 0 Å². The lowest BCUT2D eigenvalue weighted by Crippen LogP contribution is -2.38. The first-order valence-corrected chi connectivity index (χ1v) is 9.10. The summed E-state index contributed by atoms with van der Waals surface area (Å²) in [5.41, 5.74) is 5.10. The standard InChI is InChI=1S/C22H24N2O/c1-15-10-11-19-17(13-15)18(22(25)20-9-5-6-12-23-20)14-21(24-19)16-7-3-2-4-8-16/h2-4,7-8,10-11,13-14,20,22-23,25H,5-6,9,12H2,1H3. The maximum Gasteiger partial charge on any atom is 0.0950 e. The van der Waals surface area contributed by atoms with Crippen LogP contribution in [0.25, 0.3) is 22.2 Å². The molecule has 25 heavy (non-hydrogen) atoms. The van der Waals surface area contributed by atoms with Crippen LogP contribution in [0, 0.1) is 6.92 Å². The minimum Gasteiger partial charge on any atom is -0.387 e. The Bertz CT molecular complexity index is 870. The fraction of sp³-hybridized carbons (Fsp3) is 0.318. The van der Waals surface area contributed by atoms with Gasteiger partial charge >= 0.3 is 0 Å². The molecular formula is C22H24N2O. The second kappa shape index (κ2) is 6.95. The molecule has 3 nitrogen and oxygen atoms in total. The molecule has 128 valence electrons. The van der Waals surface area contributed by atoms with Gasteiger partial charge in [-0.3, -0.25) is 0 Å². The summed E-state index contributed by atoms with van der Waals surface area (Å²) in [7, 11) is 0. The SMILES string of the molecule is Cc1ccc2nc(-c3ccccc3)cc(C(O)C3CCCCN3)c2c1. The Hall–Kier alpha value is -2.23. The summed E-state index contributed by atoms with van der Waals surface area (Å²) in [6.07, 6.45) is 2.85.